The van der Waals surface area contributed by atoms with Gasteiger partial charge in [0.05, 0.1) is 6.54 Å². The van der Waals surface area contributed by atoms with E-state index in [1.165, 1.54) is 0 Å². The monoisotopic (exact) mass is 304 g/mol. The molecule has 1 atom stereocenters. The Labute approximate surface area is 128 Å². The van der Waals surface area contributed by atoms with E-state index >= 15 is 0 Å². The van der Waals surface area contributed by atoms with Gasteiger partial charge in [-0.3, -0.25) is 9.88 Å². The van der Waals surface area contributed by atoms with Crippen LogP contribution >= 0.6 is 0 Å². The Hall–Kier alpha value is -2.28. The molecule has 7 nitrogen and oxygen atoms in total. The zero-order valence-electron chi connectivity index (χ0n) is 12.5. The predicted molar refractivity (Wildman–Crippen MR) is 81.1 cm³/mol. The number of nitrogens with one attached hydrogen (secondary N) is 2. The van der Waals surface area contributed by atoms with Crippen LogP contribution in [0, 0.1) is 0 Å². The Morgan fingerprint density at radius 1 is 1.36 bits per heavy atom. The second-order valence-electron chi connectivity index (χ2n) is 5.36. The van der Waals surface area contributed by atoms with Crippen LogP contribution in [-0.2, 0) is 6.54 Å². The zero-order valence-corrected chi connectivity index (χ0v) is 12.5. The lowest BCUT2D eigenvalue weighted by Gasteiger charge is -2.30. The normalized spacial score (nSPS) is 16.9. The molecule has 1 aromatic carbocycles. The Morgan fingerprint density at radius 2 is 2.18 bits per heavy atom. The summed E-state index contributed by atoms with van der Waals surface area (Å²) in [5.41, 5.74) is -0.280. The van der Waals surface area contributed by atoms with E-state index in [2.05, 4.69) is 27.0 Å². The minimum atomic E-state index is -0.280. The quantitative estimate of drug-likeness (QED) is 0.836. The molecule has 2 N–H and O–H groups in total. The smallest absolute Gasteiger partial charge is 0.340 e. The first-order valence-corrected chi connectivity index (χ1v) is 7.49. The van der Waals surface area contributed by atoms with Crippen LogP contribution in [0.5, 0.6) is 11.5 Å². The number of hydrogen-bond acceptors (Lipinski definition) is 5. The summed E-state index contributed by atoms with van der Waals surface area (Å²) in [6, 6.07) is 7.68. The SMILES string of the molecule is CCCN(Cc1n[nH]c(=O)[nH]1)C[C@H]1COc2ccccc2O1. The summed E-state index contributed by atoms with van der Waals surface area (Å²) >= 11 is 0. The molecule has 22 heavy (non-hydrogen) atoms. The van der Waals surface area contributed by atoms with Crippen LogP contribution in [0.3, 0.4) is 0 Å². The van der Waals surface area contributed by atoms with Gasteiger partial charge < -0.3 is 9.47 Å². The minimum absolute atomic E-state index is 0.0351. The molecule has 2 aromatic rings. The third-order valence-electron chi connectivity index (χ3n) is 3.49. The second kappa shape index (κ2) is 6.65. The molecule has 0 aliphatic carbocycles. The first-order chi connectivity index (χ1) is 10.7. The van der Waals surface area contributed by atoms with E-state index in [-0.39, 0.29) is 11.8 Å². The molecule has 1 aliphatic heterocycles. The zero-order chi connectivity index (χ0) is 15.4. The summed E-state index contributed by atoms with van der Waals surface area (Å²) in [5.74, 6) is 2.20. The average Bonchev–Trinajstić information content (AvgIpc) is 2.92. The van der Waals surface area contributed by atoms with E-state index in [0.717, 1.165) is 31.0 Å². The number of para-hydroxylation sites is 2. The van der Waals surface area contributed by atoms with Crippen LogP contribution in [0.1, 0.15) is 19.2 Å². The third kappa shape index (κ3) is 3.48. The average molecular weight is 304 g/mol. The molecule has 0 saturated heterocycles. The molecule has 1 aliphatic rings. The highest BCUT2D eigenvalue weighted by atomic mass is 16.6. The highest BCUT2D eigenvalue weighted by Crippen LogP contribution is 2.31. The van der Waals surface area contributed by atoms with Crippen molar-refractivity contribution >= 4 is 0 Å². The molecule has 3 rings (SSSR count). The lowest BCUT2D eigenvalue weighted by Crippen LogP contribution is -2.41. The van der Waals surface area contributed by atoms with Crippen molar-refractivity contribution in [1.29, 1.82) is 0 Å². The first-order valence-electron chi connectivity index (χ1n) is 7.49. The molecule has 0 spiro atoms. The Morgan fingerprint density at radius 3 is 2.91 bits per heavy atom. The fraction of sp³-hybridized carbons (Fsp3) is 0.467. The minimum Gasteiger partial charge on any atom is -0.486 e. The maximum atomic E-state index is 11.1. The van der Waals surface area contributed by atoms with Gasteiger partial charge in [-0.2, -0.15) is 5.10 Å². The number of H-pyrrole nitrogens is 2. The standard InChI is InChI=1S/C15H20N4O3/c1-2-7-19(9-14-16-15(20)18-17-14)8-11-10-21-12-5-3-4-6-13(12)22-11/h3-6,11H,2,7-10H2,1H3,(H2,16,17,18,20)/t11-/m0/s1. The molecule has 0 amide bonds. The van der Waals surface area contributed by atoms with E-state index in [0.29, 0.717) is 19.0 Å². The fourth-order valence-corrected chi connectivity index (χ4v) is 2.58. The summed E-state index contributed by atoms with van der Waals surface area (Å²) in [7, 11) is 0. The van der Waals surface area contributed by atoms with Crippen molar-refractivity contribution in [3.63, 3.8) is 0 Å². The summed E-state index contributed by atoms with van der Waals surface area (Å²) in [6.45, 7) is 4.84. The molecular formula is C15H20N4O3. The van der Waals surface area contributed by atoms with Gasteiger partial charge in [0.15, 0.2) is 11.5 Å². The predicted octanol–water partition coefficient (Wildman–Crippen LogP) is 1.15. The van der Waals surface area contributed by atoms with Crippen LogP contribution in [0.2, 0.25) is 0 Å². The number of rotatable bonds is 6. The van der Waals surface area contributed by atoms with Gasteiger partial charge >= 0.3 is 5.69 Å². The van der Waals surface area contributed by atoms with Gasteiger partial charge in [-0.15, -0.1) is 0 Å². The lowest BCUT2D eigenvalue weighted by molar-refractivity contribution is 0.0557. The highest BCUT2D eigenvalue weighted by Gasteiger charge is 2.23. The number of ether oxygens (including phenoxy) is 2. The first kappa shape index (κ1) is 14.6. The molecule has 118 valence electrons. The number of hydrogen-bond donors (Lipinski definition) is 2. The van der Waals surface area contributed by atoms with Gasteiger partial charge in [0, 0.05) is 6.54 Å². The van der Waals surface area contributed by atoms with Crippen molar-refractivity contribution in [2.45, 2.75) is 26.0 Å². The van der Waals surface area contributed by atoms with Gasteiger partial charge in [-0.1, -0.05) is 19.1 Å². The van der Waals surface area contributed by atoms with Gasteiger partial charge in [-0.25, -0.2) is 9.89 Å². The van der Waals surface area contributed by atoms with E-state index in [4.69, 9.17) is 9.47 Å². The number of nitrogens with zero attached hydrogens (tertiary/aromatic N) is 2. The molecule has 0 radical (unpaired) electrons. The number of aromatic nitrogens is 3. The fourth-order valence-electron chi connectivity index (χ4n) is 2.58. The Bertz CT molecular complexity index is 667. The number of benzene rings is 1. The number of fused-ring (bicyclic) bond motifs is 1. The van der Waals surface area contributed by atoms with Crippen LogP contribution < -0.4 is 15.2 Å². The van der Waals surface area contributed by atoms with Crippen molar-refractivity contribution in [2.75, 3.05) is 19.7 Å². The van der Waals surface area contributed by atoms with Crippen LogP contribution in [-0.4, -0.2) is 45.9 Å². The van der Waals surface area contributed by atoms with E-state index in [9.17, 15) is 4.79 Å². The van der Waals surface area contributed by atoms with Gasteiger partial charge in [-0.05, 0) is 25.1 Å². The van der Waals surface area contributed by atoms with E-state index in [1.807, 2.05) is 24.3 Å². The van der Waals surface area contributed by atoms with E-state index in [1.54, 1.807) is 0 Å². The molecule has 0 saturated carbocycles. The Kier molecular flexibility index (Phi) is 4.43. The van der Waals surface area contributed by atoms with Crippen molar-refractivity contribution in [1.82, 2.24) is 20.1 Å². The highest BCUT2D eigenvalue weighted by molar-refractivity contribution is 5.40. The van der Waals surface area contributed by atoms with Crippen molar-refractivity contribution < 1.29 is 9.47 Å². The van der Waals surface area contributed by atoms with Gasteiger partial charge in [0.25, 0.3) is 0 Å². The maximum Gasteiger partial charge on any atom is 0.340 e. The van der Waals surface area contributed by atoms with Gasteiger partial charge in [0.2, 0.25) is 0 Å². The second-order valence-corrected chi connectivity index (χ2v) is 5.36. The molecule has 7 heteroatoms. The number of aromatic amines is 2. The van der Waals surface area contributed by atoms with Gasteiger partial charge in [0.1, 0.15) is 18.5 Å². The molecule has 2 heterocycles. The van der Waals surface area contributed by atoms with Crippen LogP contribution in [0.4, 0.5) is 0 Å². The lowest BCUT2D eigenvalue weighted by atomic mass is 10.2. The summed E-state index contributed by atoms with van der Waals surface area (Å²) in [5, 5.41) is 6.35. The van der Waals surface area contributed by atoms with E-state index < -0.39 is 0 Å². The van der Waals surface area contributed by atoms with Crippen molar-refractivity contribution in [3.05, 3.63) is 40.6 Å². The Balaban J connectivity index is 1.63. The summed E-state index contributed by atoms with van der Waals surface area (Å²) in [6.07, 6.45) is 0.978. The van der Waals surface area contributed by atoms with Crippen LogP contribution in [0.15, 0.2) is 29.1 Å². The molecular weight excluding hydrogens is 284 g/mol. The topological polar surface area (TPSA) is 83.2 Å². The summed E-state index contributed by atoms with van der Waals surface area (Å²) in [4.78, 5) is 16.0. The largest absolute Gasteiger partial charge is 0.486 e. The maximum absolute atomic E-state index is 11.1. The molecule has 1 aromatic heterocycles. The van der Waals surface area contributed by atoms with Crippen molar-refractivity contribution in [2.24, 2.45) is 0 Å². The molecule has 0 fully saturated rings. The summed E-state index contributed by atoms with van der Waals surface area (Å²) < 4.78 is 11.7. The van der Waals surface area contributed by atoms with Crippen LogP contribution in [0.25, 0.3) is 0 Å². The third-order valence-corrected chi connectivity index (χ3v) is 3.49. The van der Waals surface area contributed by atoms with Crippen molar-refractivity contribution in [3.8, 4) is 11.5 Å². The molecule has 0 unspecified atom stereocenters. The molecule has 0 bridgehead atoms.